The lowest BCUT2D eigenvalue weighted by atomic mass is 10.2. The van der Waals surface area contributed by atoms with E-state index in [0.29, 0.717) is 26.2 Å². The van der Waals surface area contributed by atoms with Gasteiger partial charge in [0.1, 0.15) is 5.82 Å². The summed E-state index contributed by atoms with van der Waals surface area (Å²) in [4.78, 5) is 20.1. The maximum atomic E-state index is 13.6. The molecule has 1 aliphatic rings. The number of piperazine rings is 1. The number of amides is 1. The standard InChI is InChI=1S/C21H19F2N5O2/c22-16-3-5-19(17(23)12-16)30-14-21(29)28-10-8-27(9-11-28)20-6-4-18(25-26-20)15-2-1-7-24-13-15/h1-7,12-13H,8-11,14H2. The number of pyridine rings is 1. The van der Waals surface area contributed by atoms with Gasteiger partial charge in [0.2, 0.25) is 0 Å². The maximum absolute atomic E-state index is 13.6. The quantitative estimate of drug-likeness (QED) is 0.643. The summed E-state index contributed by atoms with van der Waals surface area (Å²) in [6.45, 7) is 1.86. The molecule has 0 bridgehead atoms. The highest BCUT2D eigenvalue weighted by molar-refractivity contribution is 5.78. The van der Waals surface area contributed by atoms with Gasteiger partial charge in [0, 0.05) is 50.2 Å². The van der Waals surface area contributed by atoms with Crippen LogP contribution in [0.1, 0.15) is 0 Å². The smallest absolute Gasteiger partial charge is 0.260 e. The number of halogens is 2. The minimum atomic E-state index is -0.832. The fraction of sp³-hybridized carbons (Fsp3) is 0.238. The highest BCUT2D eigenvalue weighted by Gasteiger charge is 2.23. The van der Waals surface area contributed by atoms with Crippen LogP contribution >= 0.6 is 0 Å². The molecular weight excluding hydrogens is 392 g/mol. The Labute approximate surface area is 171 Å². The number of anilines is 1. The molecule has 3 heterocycles. The van der Waals surface area contributed by atoms with Crippen molar-refractivity contribution in [2.24, 2.45) is 0 Å². The topological polar surface area (TPSA) is 71.5 Å². The predicted octanol–water partition coefficient (Wildman–Crippen LogP) is 2.54. The second kappa shape index (κ2) is 8.81. The first-order valence-corrected chi connectivity index (χ1v) is 9.45. The number of hydrogen-bond donors (Lipinski definition) is 0. The van der Waals surface area contributed by atoms with E-state index >= 15 is 0 Å². The molecule has 0 radical (unpaired) electrons. The molecule has 0 N–H and O–H groups in total. The van der Waals surface area contributed by atoms with Gasteiger partial charge >= 0.3 is 0 Å². The van der Waals surface area contributed by atoms with Crippen LogP contribution in [-0.2, 0) is 4.79 Å². The highest BCUT2D eigenvalue weighted by atomic mass is 19.1. The van der Waals surface area contributed by atoms with E-state index in [4.69, 9.17) is 4.74 Å². The lowest BCUT2D eigenvalue weighted by Gasteiger charge is -2.35. The van der Waals surface area contributed by atoms with Crippen LogP contribution < -0.4 is 9.64 Å². The van der Waals surface area contributed by atoms with Crippen molar-refractivity contribution >= 4 is 11.7 Å². The third-order valence-electron chi connectivity index (χ3n) is 4.81. The molecule has 7 nitrogen and oxygen atoms in total. The number of benzene rings is 1. The Morgan fingerprint density at radius 2 is 1.87 bits per heavy atom. The monoisotopic (exact) mass is 411 g/mol. The van der Waals surface area contributed by atoms with E-state index in [2.05, 4.69) is 15.2 Å². The Balaban J connectivity index is 1.29. The van der Waals surface area contributed by atoms with E-state index in [-0.39, 0.29) is 18.3 Å². The molecule has 2 aromatic heterocycles. The van der Waals surface area contributed by atoms with E-state index in [1.165, 1.54) is 6.07 Å². The largest absolute Gasteiger partial charge is 0.481 e. The van der Waals surface area contributed by atoms with E-state index in [1.807, 2.05) is 29.2 Å². The third kappa shape index (κ3) is 4.51. The van der Waals surface area contributed by atoms with Crippen LogP contribution in [0.3, 0.4) is 0 Å². The summed E-state index contributed by atoms with van der Waals surface area (Å²) in [5.74, 6) is -1.19. The summed E-state index contributed by atoms with van der Waals surface area (Å²) >= 11 is 0. The molecule has 1 aromatic carbocycles. The zero-order valence-corrected chi connectivity index (χ0v) is 16.0. The van der Waals surface area contributed by atoms with Crippen molar-refractivity contribution in [2.75, 3.05) is 37.7 Å². The summed E-state index contributed by atoms with van der Waals surface area (Å²) in [6.07, 6.45) is 3.43. The van der Waals surface area contributed by atoms with Gasteiger partial charge in [-0.15, -0.1) is 10.2 Å². The molecule has 0 unspecified atom stereocenters. The van der Waals surface area contributed by atoms with E-state index in [9.17, 15) is 13.6 Å². The Hall–Kier alpha value is -3.62. The van der Waals surface area contributed by atoms with Gasteiger partial charge < -0.3 is 14.5 Å². The molecule has 9 heteroatoms. The van der Waals surface area contributed by atoms with Crippen molar-refractivity contribution in [3.05, 3.63) is 66.5 Å². The van der Waals surface area contributed by atoms with Crippen LogP contribution in [0.4, 0.5) is 14.6 Å². The lowest BCUT2D eigenvalue weighted by molar-refractivity contribution is -0.133. The van der Waals surface area contributed by atoms with E-state index < -0.39 is 11.6 Å². The summed E-state index contributed by atoms with van der Waals surface area (Å²) in [7, 11) is 0. The highest BCUT2D eigenvalue weighted by Crippen LogP contribution is 2.19. The second-order valence-corrected chi connectivity index (χ2v) is 6.75. The Bertz CT molecular complexity index is 1010. The minimum absolute atomic E-state index is 0.146. The first-order valence-electron chi connectivity index (χ1n) is 9.45. The molecule has 1 fully saturated rings. The normalized spacial score (nSPS) is 13.9. The van der Waals surface area contributed by atoms with Gasteiger partial charge in [-0.05, 0) is 36.4 Å². The van der Waals surface area contributed by atoms with Gasteiger partial charge in [-0.2, -0.15) is 0 Å². The molecule has 0 atom stereocenters. The van der Waals surface area contributed by atoms with Crippen LogP contribution in [-0.4, -0.2) is 58.8 Å². The molecule has 1 amide bonds. The molecule has 1 aliphatic heterocycles. The van der Waals surface area contributed by atoms with Crippen molar-refractivity contribution < 1.29 is 18.3 Å². The SMILES string of the molecule is O=C(COc1ccc(F)cc1F)N1CCN(c2ccc(-c3cccnc3)nn2)CC1. The average molecular weight is 411 g/mol. The lowest BCUT2D eigenvalue weighted by Crippen LogP contribution is -2.50. The zero-order valence-electron chi connectivity index (χ0n) is 16.0. The van der Waals surface area contributed by atoms with Crippen LogP contribution in [0.5, 0.6) is 5.75 Å². The number of hydrogen-bond acceptors (Lipinski definition) is 6. The first kappa shape index (κ1) is 19.7. The minimum Gasteiger partial charge on any atom is -0.481 e. The Kier molecular flexibility index (Phi) is 5.78. The van der Waals surface area contributed by atoms with Crippen molar-refractivity contribution in [3.63, 3.8) is 0 Å². The molecule has 3 aromatic rings. The molecule has 154 valence electrons. The van der Waals surface area contributed by atoms with Gasteiger partial charge in [-0.3, -0.25) is 9.78 Å². The van der Waals surface area contributed by atoms with Crippen molar-refractivity contribution in [2.45, 2.75) is 0 Å². The van der Waals surface area contributed by atoms with Crippen LogP contribution in [0, 0.1) is 11.6 Å². The predicted molar refractivity (Wildman–Crippen MR) is 106 cm³/mol. The number of rotatable bonds is 5. The summed E-state index contributed by atoms with van der Waals surface area (Å²) in [6, 6.07) is 10.5. The molecule has 30 heavy (non-hydrogen) atoms. The van der Waals surface area contributed by atoms with Gasteiger partial charge in [0.15, 0.2) is 24.0 Å². The van der Waals surface area contributed by atoms with Crippen LogP contribution in [0.2, 0.25) is 0 Å². The third-order valence-corrected chi connectivity index (χ3v) is 4.81. The number of carbonyl (C=O) groups excluding carboxylic acids is 1. The van der Waals surface area contributed by atoms with Crippen molar-refractivity contribution in [1.82, 2.24) is 20.1 Å². The Morgan fingerprint density at radius 3 is 2.53 bits per heavy atom. The number of carbonyl (C=O) groups is 1. The van der Waals surface area contributed by atoms with Crippen molar-refractivity contribution in [1.29, 1.82) is 0 Å². The fourth-order valence-electron chi connectivity index (χ4n) is 3.17. The number of ether oxygens (including phenoxy) is 1. The molecule has 0 saturated carbocycles. The first-order chi connectivity index (χ1) is 14.6. The summed E-state index contributed by atoms with van der Waals surface area (Å²) in [5, 5.41) is 8.55. The van der Waals surface area contributed by atoms with Crippen LogP contribution in [0.25, 0.3) is 11.3 Å². The second-order valence-electron chi connectivity index (χ2n) is 6.75. The van der Waals surface area contributed by atoms with Crippen LogP contribution in [0.15, 0.2) is 54.9 Å². The van der Waals surface area contributed by atoms with Gasteiger partial charge in [-0.25, -0.2) is 8.78 Å². The number of nitrogens with zero attached hydrogens (tertiary/aromatic N) is 5. The van der Waals surface area contributed by atoms with Crippen molar-refractivity contribution in [3.8, 4) is 17.0 Å². The van der Waals surface area contributed by atoms with Gasteiger partial charge in [0.25, 0.3) is 5.91 Å². The number of aromatic nitrogens is 3. The summed E-state index contributed by atoms with van der Waals surface area (Å²) < 4.78 is 31.7. The molecular formula is C21H19F2N5O2. The summed E-state index contributed by atoms with van der Waals surface area (Å²) in [5.41, 5.74) is 1.63. The molecule has 0 aliphatic carbocycles. The maximum Gasteiger partial charge on any atom is 0.260 e. The average Bonchev–Trinajstić information content (AvgIpc) is 2.79. The van der Waals surface area contributed by atoms with E-state index in [1.54, 1.807) is 17.3 Å². The molecule has 4 rings (SSSR count). The molecule has 1 saturated heterocycles. The van der Waals surface area contributed by atoms with E-state index in [0.717, 1.165) is 29.2 Å². The molecule has 0 spiro atoms. The van der Waals surface area contributed by atoms with Gasteiger partial charge in [-0.1, -0.05) is 0 Å². The zero-order chi connectivity index (χ0) is 20.9. The van der Waals surface area contributed by atoms with Gasteiger partial charge in [0.05, 0.1) is 5.69 Å². The fourth-order valence-corrected chi connectivity index (χ4v) is 3.17. The Morgan fingerprint density at radius 1 is 1.03 bits per heavy atom.